The summed E-state index contributed by atoms with van der Waals surface area (Å²) in [6.07, 6.45) is 2.02. The molecule has 2 aliphatic heterocycles. The summed E-state index contributed by atoms with van der Waals surface area (Å²) in [7, 11) is 0. The molecule has 4 heteroatoms. The lowest BCUT2D eigenvalue weighted by atomic mass is 10.3. The highest BCUT2D eigenvalue weighted by molar-refractivity contribution is 5.49. The van der Waals surface area contributed by atoms with Crippen LogP contribution < -0.4 is 10.4 Å². The molecule has 16 heavy (non-hydrogen) atoms. The van der Waals surface area contributed by atoms with E-state index in [1.807, 2.05) is 29.5 Å². The highest BCUT2D eigenvalue weighted by Gasteiger charge is 2.25. The third kappa shape index (κ3) is 1.61. The maximum atomic E-state index is 5.72. The Hall–Kier alpha value is -1.68. The van der Waals surface area contributed by atoms with Gasteiger partial charge >= 0.3 is 0 Å². The van der Waals surface area contributed by atoms with E-state index in [4.69, 9.17) is 4.84 Å². The summed E-state index contributed by atoms with van der Waals surface area (Å²) >= 11 is 0. The minimum atomic E-state index is 0.742. The number of fused-ring (bicyclic) bond motifs is 1. The number of benzene rings is 1. The zero-order valence-corrected chi connectivity index (χ0v) is 9.10. The molecular weight excluding hydrogens is 202 g/mol. The largest absolute Gasteiger partial charge is 0.386 e. The average molecular weight is 217 g/mol. The summed E-state index contributed by atoms with van der Waals surface area (Å²) in [5.74, 6) is 1.10. The SMILES string of the molecule is C1=C2N(CCN1)CCON2c1ccccc1. The third-order valence-electron chi connectivity index (χ3n) is 2.86. The van der Waals surface area contributed by atoms with Gasteiger partial charge in [0.25, 0.3) is 0 Å². The second kappa shape index (κ2) is 4.06. The Kier molecular flexibility index (Phi) is 2.42. The number of nitrogens with zero attached hydrogens (tertiary/aromatic N) is 2. The van der Waals surface area contributed by atoms with Gasteiger partial charge in [-0.05, 0) is 12.1 Å². The molecule has 0 aliphatic carbocycles. The van der Waals surface area contributed by atoms with Gasteiger partial charge in [-0.3, -0.25) is 4.84 Å². The van der Waals surface area contributed by atoms with Crippen LogP contribution in [0, 0.1) is 0 Å². The summed E-state index contributed by atoms with van der Waals surface area (Å²) in [4.78, 5) is 8.06. The van der Waals surface area contributed by atoms with Crippen LogP contribution in [0.15, 0.2) is 42.4 Å². The van der Waals surface area contributed by atoms with Gasteiger partial charge in [0.05, 0.1) is 12.3 Å². The predicted octanol–water partition coefficient (Wildman–Crippen LogP) is 1.14. The van der Waals surface area contributed by atoms with Crippen molar-refractivity contribution in [2.75, 3.05) is 31.3 Å². The number of rotatable bonds is 1. The first-order valence-electron chi connectivity index (χ1n) is 5.62. The zero-order chi connectivity index (χ0) is 10.8. The van der Waals surface area contributed by atoms with Crippen LogP contribution in [-0.2, 0) is 4.84 Å². The summed E-state index contributed by atoms with van der Waals surface area (Å²) in [6, 6.07) is 10.2. The molecule has 1 fully saturated rings. The maximum absolute atomic E-state index is 5.72. The number of anilines is 1. The van der Waals surface area contributed by atoms with Crippen LogP contribution in [0.5, 0.6) is 0 Å². The van der Waals surface area contributed by atoms with Crippen LogP contribution >= 0.6 is 0 Å². The van der Waals surface area contributed by atoms with Gasteiger partial charge in [-0.25, -0.2) is 5.06 Å². The first kappa shape index (κ1) is 9.54. The summed E-state index contributed by atoms with van der Waals surface area (Å²) in [5, 5.41) is 5.16. The number of nitrogens with one attached hydrogen (secondary N) is 1. The summed E-state index contributed by atoms with van der Waals surface area (Å²) < 4.78 is 0. The predicted molar refractivity (Wildman–Crippen MR) is 62.5 cm³/mol. The fourth-order valence-corrected chi connectivity index (χ4v) is 2.06. The third-order valence-corrected chi connectivity index (χ3v) is 2.86. The van der Waals surface area contributed by atoms with E-state index in [9.17, 15) is 0 Å². The van der Waals surface area contributed by atoms with Crippen molar-refractivity contribution < 1.29 is 4.84 Å². The van der Waals surface area contributed by atoms with E-state index in [1.165, 1.54) is 0 Å². The van der Waals surface area contributed by atoms with Crippen molar-refractivity contribution >= 4 is 5.69 Å². The van der Waals surface area contributed by atoms with Gasteiger partial charge in [0.2, 0.25) is 0 Å². The first-order valence-corrected chi connectivity index (χ1v) is 5.62. The number of hydrogen-bond donors (Lipinski definition) is 1. The maximum Gasteiger partial charge on any atom is 0.150 e. The van der Waals surface area contributed by atoms with E-state index in [1.54, 1.807) is 0 Å². The van der Waals surface area contributed by atoms with Gasteiger partial charge < -0.3 is 10.2 Å². The minimum Gasteiger partial charge on any atom is -0.386 e. The Morgan fingerprint density at radius 3 is 2.88 bits per heavy atom. The number of hydroxylamine groups is 1. The average Bonchev–Trinajstić information content (AvgIpc) is 2.39. The molecule has 0 spiro atoms. The van der Waals surface area contributed by atoms with E-state index in [2.05, 4.69) is 22.3 Å². The molecule has 4 nitrogen and oxygen atoms in total. The molecule has 1 aromatic carbocycles. The van der Waals surface area contributed by atoms with E-state index < -0.39 is 0 Å². The molecule has 1 aromatic rings. The fraction of sp³-hybridized carbons (Fsp3) is 0.333. The summed E-state index contributed by atoms with van der Waals surface area (Å²) in [6.45, 7) is 3.76. The van der Waals surface area contributed by atoms with Gasteiger partial charge in [0.15, 0.2) is 5.82 Å². The van der Waals surface area contributed by atoms with E-state index in [0.29, 0.717) is 0 Å². The van der Waals surface area contributed by atoms with Crippen LogP contribution in [0.1, 0.15) is 0 Å². The van der Waals surface area contributed by atoms with E-state index in [-0.39, 0.29) is 0 Å². The smallest absolute Gasteiger partial charge is 0.150 e. The molecule has 0 radical (unpaired) electrons. The molecule has 0 atom stereocenters. The lowest BCUT2D eigenvalue weighted by molar-refractivity contribution is 0.0441. The van der Waals surface area contributed by atoms with Gasteiger partial charge in [0.1, 0.15) is 0 Å². The molecular formula is C12H15N3O. The quantitative estimate of drug-likeness (QED) is 0.763. The minimum absolute atomic E-state index is 0.742. The lowest BCUT2D eigenvalue weighted by Crippen LogP contribution is -2.49. The van der Waals surface area contributed by atoms with Crippen LogP contribution in [-0.4, -0.2) is 31.1 Å². The van der Waals surface area contributed by atoms with Crippen molar-refractivity contribution in [2.45, 2.75) is 0 Å². The molecule has 0 aromatic heterocycles. The standard InChI is InChI=1S/C12H15N3O/c1-2-4-11(5-3-1)15-12-10-13-6-7-14(12)8-9-16-15/h1-5,10,13H,6-9H2. The Morgan fingerprint density at radius 2 is 2.00 bits per heavy atom. The van der Waals surface area contributed by atoms with Gasteiger partial charge in [-0.15, -0.1) is 0 Å². The van der Waals surface area contributed by atoms with Crippen LogP contribution in [0.3, 0.4) is 0 Å². The van der Waals surface area contributed by atoms with E-state index >= 15 is 0 Å². The molecule has 1 saturated heterocycles. The van der Waals surface area contributed by atoms with Crippen LogP contribution in [0.25, 0.3) is 0 Å². The molecule has 84 valence electrons. The number of hydrogen-bond acceptors (Lipinski definition) is 4. The van der Waals surface area contributed by atoms with Gasteiger partial charge in [-0.1, -0.05) is 18.2 Å². The molecule has 0 saturated carbocycles. The molecule has 3 rings (SSSR count). The molecule has 0 unspecified atom stereocenters. The Balaban J connectivity index is 1.92. The van der Waals surface area contributed by atoms with Crippen molar-refractivity contribution in [1.82, 2.24) is 10.2 Å². The highest BCUT2D eigenvalue weighted by Crippen LogP contribution is 2.25. The fourth-order valence-electron chi connectivity index (χ4n) is 2.06. The molecule has 0 bridgehead atoms. The Morgan fingerprint density at radius 1 is 1.12 bits per heavy atom. The monoisotopic (exact) mass is 217 g/mol. The van der Waals surface area contributed by atoms with Crippen molar-refractivity contribution in [3.63, 3.8) is 0 Å². The molecule has 2 heterocycles. The Labute approximate surface area is 95.1 Å². The molecule has 2 aliphatic rings. The zero-order valence-electron chi connectivity index (χ0n) is 9.10. The van der Waals surface area contributed by atoms with E-state index in [0.717, 1.165) is 37.7 Å². The number of para-hydroxylation sites is 1. The topological polar surface area (TPSA) is 27.7 Å². The van der Waals surface area contributed by atoms with Crippen molar-refractivity contribution in [2.24, 2.45) is 0 Å². The Bertz CT molecular complexity index is 391. The van der Waals surface area contributed by atoms with Gasteiger partial charge in [-0.2, -0.15) is 0 Å². The second-order valence-electron chi connectivity index (χ2n) is 3.91. The van der Waals surface area contributed by atoms with Crippen molar-refractivity contribution in [3.05, 3.63) is 42.4 Å². The summed E-state index contributed by atoms with van der Waals surface area (Å²) in [5.41, 5.74) is 1.07. The normalized spacial score (nSPS) is 19.9. The van der Waals surface area contributed by atoms with Crippen molar-refractivity contribution in [3.8, 4) is 0 Å². The molecule has 0 amide bonds. The van der Waals surface area contributed by atoms with Gasteiger partial charge in [0, 0.05) is 25.8 Å². The van der Waals surface area contributed by atoms with Crippen molar-refractivity contribution in [1.29, 1.82) is 0 Å². The second-order valence-corrected chi connectivity index (χ2v) is 3.91. The first-order chi connectivity index (χ1) is 7.95. The highest BCUT2D eigenvalue weighted by atomic mass is 16.7. The van der Waals surface area contributed by atoms with Crippen LogP contribution in [0.4, 0.5) is 5.69 Å². The lowest BCUT2D eigenvalue weighted by Gasteiger charge is -2.41. The molecule has 1 N–H and O–H groups in total. The van der Waals surface area contributed by atoms with Crippen LogP contribution in [0.2, 0.25) is 0 Å².